The molecule has 0 fully saturated rings. The quantitative estimate of drug-likeness (QED) is 0.368. The van der Waals surface area contributed by atoms with Gasteiger partial charge in [-0.15, -0.1) is 11.8 Å². The first-order chi connectivity index (χ1) is 14.2. The number of amides is 1. The van der Waals surface area contributed by atoms with Crippen LogP contribution in [0, 0.1) is 0 Å². The highest BCUT2D eigenvalue weighted by Gasteiger charge is 2.16. The Hall–Kier alpha value is -2.80. The molecule has 0 unspecified atom stereocenters. The summed E-state index contributed by atoms with van der Waals surface area (Å²) in [5, 5.41) is 3.79. The van der Waals surface area contributed by atoms with Crippen LogP contribution in [0.1, 0.15) is 38.8 Å². The number of hydrogen-bond acceptors (Lipinski definition) is 6. The molecule has 2 aromatic rings. The highest BCUT2D eigenvalue weighted by molar-refractivity contribution is 7.99. The molecule has 0 radical (unpaired) electrons. The smallest absolute Gasteiger partial charge is 0.344 e. The van der Waals surface area contributed by atoms with Crippen LogP contribution in [-0.2, 0) is 20.1 Å². The Morgan fingerprint density at radius 3 is 2.40 bits per heavy atom. The third-order valence-electron chi connectivity index (χ3n) is 3.76. The van der Waals surface area contributed by atoms with Crippen LogP contribution in [0.25, 0.3) is 0 Å². The molecular formula is C23H28N2O4S. The summed E-state index contributed by atoms with van der Waals surface area (Å²) >= 11 is 1.56. The minimum atomic E-state index is -0.539. The zero-order valence-corrected chi connectivity index (χ0v) is 18.6. The summed E-state index contributed by atoms with van der Waals surface area (Å²) in [5.74, 6) is 0.747. The van der Waals surface area contributed by atoms with Gasteiger partial charge < -0.3 is 9.47 Å². The second-order valence-electron chi connectivity index (χ2n) is 7.62. The van der Waals surface area contributed by atoms with Gasteiger partial charge in [0.05, 0.1) is 11.5 Å². The van der Waals surface area contributed by atoms with Gasteiger partial charge in [-0.25, -0.2) is 10.2 Å². The Balaban J connectivity index is 1.74. The largest absolute Gasteiger partial charge is 0.482 e. The third-order valence-corrected chi connectivity index (χ3v) is 4.97. The van der Waals surface area contributed by atoms with E-state index in [1.165, 1.54) is 5.56 Å². The molecule has 1 atom stereocenters. The van der Waals surface area contributed by atoms with Crippen LogP contribution in [0.4, 0.5) is 0 Å². The van der Waals surface area contributed by atoms with Gasteiger partial charge in [-0.05, 0) is 63.1 Å². The van der Waals surface area contributed by atoms with Crippen molar-refractivity contribution in [3.63, 3.8) is 0 Å². The maximum Gasteiger partial charge on any atom is 0.344 e. The Kier molecular flexibility index (Phi) is 8.92. The molecule has 0 spiro atoms. The molecular weight excluding hydrogens is 400 g/mol. The fraction of sp³-hybridized carbons (Fsp3) is 0.348. The average molecular weight is 429 g/mol. The first kappa shape index (κ1) is 23.5. The van der Waals surface area contributed by atoms with Gasteiger partial charge in [0.1, 0.15) is 11.4 Å². The van der Waals surface area contributed by atoms with E-state index in [4.69, 9.17) is 9.47 Å². The lowest BCUT2D eigenvalue weighted by atomic mass is 10.2. The van der Waals surface area contributed by atoms with E-state index in [9.17, 15) is 9.59 Å². The number of rotatable bonds is 9. The monoisotopic (exact) mass is 428 g/mol. The molecule has 0 aromatic heterocycles. The molecule has 0 saturated carbocycles. The van der Waals surface area contributed by atoms with Crippen molar-refractivity contribution in [3.05, 3.63) is 65.7 Å². The van der Waals surface area contributed by atoms with Crippen molar-refractivity contribution < 1.29 is 19.1 Å². The molecule has 0 saturated heterocycles. The summed E-state index contributed by atoms with van der Waals surface area (Å²) in [5.41, 5.74) is 4.00. The lowest BCUT2D eigenvalue weighted by Gasteiger charge is -2.19. The fourth-order valence-corrected chi connectivity index (χ4v) is 3.13. The van der Waals surface area contributed by atoms with E-state index in [0.29, 0.717) is 5.75 Å². The maximum atomic E-state index is 12.1. The highest BCUT2D eigenvalue weighted by Crippen LogP contribution is 2.17. The SMILES string of the molecule is C[C@@H](SCc1ccccc1)C(=O)N/N=C\c1ccc(OCC(=O)OC(C)(C)C)cc1. The van der Waals surface area contributed by atoms with Crippen molar-refractivity contribution >= 4 is 29.9 Å². The molecule has 6 nitrogen and oxygen atoms in total. The molecule has 30 heavy (non-hydrogen) atoms. The van der Waals surface area contributed by atoms with Gasteiger partial charge in [-0.2, -0.15) is 5.10 Å². The number of esters is 1. The van der Waals surface area contributed by atoms with Crippen LogP contribution in [0.5, 0.6) is 5.75 Å². The lowest BCUT2D eigenvalue weighted by Crippen LogP contribution is -2.27. The van der Waals surface area contributed by atoms with E-state index in [1.54, 1.807) is 63.0 Å². The summed E-state index contributed by atoms with van der Waals surface area (Å²) in [4.78, 5) is 23.8. The third kappa shape index (κ3) is 9.13. The molecule has 0 aliphatic carbocycles. The predicted octanol–water partition coefficient (Wildman–Crippen LogP) is 4.18. The lowest BCUT2D eigenvalue weighted by molar-refractivity contribution is -0.157. The van der Waals surface area contributed by atoms with Crippen LogP contribution >= 0.6 is 11.8 Å². The van der Waals surface area contributed by atoms with E-state index in [1.807, 2.05) is 37.3 Å². The average Bonchev–Trinajstić information content (AvgIpc) is 2.71. The molecule has 1 amide bonds. The Bertz CT molecular complexity index is 846. The van der Waals surface area contributed by atoms with Gasteiger partial charge in [0.15, 0.2) is 6.61 Å². The van der Waals surface area contributed by atoms with E-state index in [0.717, 1.165) is 11.3 Å². The van der Waals surface area contributed by atoms with Crippen LogP contribution < -0.4 is 10.2 Å². The molecule has 1 N–H and O–H groups in total. The van der Waals surface area contributed by atoms with Gasteiger partial charge in [-0.1, -0.05) is 30.3 Å². The number of ether oxygens (including phenoxy) is 2. The van der Waals surface area contributed by atoms with E-state index >= 15 is 0 Å². The van der Waals surface area contributed by atoms with Gasteiger partial charge in [-0.3, -0.25) is 4.79 Å². The van der Waals surface area contributed by atoms with Crippen molar-refractivity contribution in [3.8, 4) is 5.75 Å². The maximum absolute atomic E-state index is 12.1. The minimum absolute atomic E-state index is 0.149. The second kappa shape index (κ2) is 11.4. The van der Waals surface area contributed by atoms with Gasteiger partial charge in [0, 0.05) is 5.75 Å². The molecule has 160 valence electrons. The van der Waals surface area contributed by atoms with Crippen molar-refractivity contribution in [2.45, 2.75) is 44.3 Å². The summed E-state index contributed by atoms with van der Waals surface area (Å²) in [7, 11) is 0. The number of carbonyl (C=O) groups excluding carboxylic acids is 2. The molecule has 0 bridgehead atoms. The van der Waals surface area contributed by atoms with Crippen LogP contribution in [-0.4, -0.2) is 35.5 Å². The fourth-order valence-electron chi connectivity index (χ4n) is 2.30. The summed E-state index contributed by atoms with van der Waals surface area (Å²) in [6, 6.07) is 17.0. The zero-order chi connectivity index (χ0) is 22.0. The summed E-state index contributed by atoms with van der Waals surface area (Å²) < 4.78 is 10.6. The second-order valence-corrected chi connectivity index (χ2v) is 8.95. The number of hydrazone groups is 1. The zero-order valence-electron chi connectivity index (χ0n) is 17.8. The molecule has 2 aromatic carbocycles. The first-order valence-electron chi connectivity index (χ1n) is 9.66. The standard InChI is InChI=1S/C23H28N2O4S/c1-17(30-16-19-8-6-5-7-9-19)22(27)25-24-14-18-10-12-20(13-11-18)28-15-21(26)29-23(2,3)4/h5-14,17H,15-16H2,1-4H3,(H,25,27)/b24-14-/t17-/m1/s1. The van der Waals surface area contributed by atoms with Gasteiger partial charge >= 0.3 is 5.97 Å². The Labute approximate surface area is 182 Å². The van der Waals surface area contributed by atoms with E-state index < -0.39 is 11.6 Å². The normalized spacial score (nSPS) is 12.4. The molecule has 7 heteroatoms. The minimum Gasteiger partial charge on any atom is -0.482 e. The summed E-state index contributed by atoms with van der Waals surface area (Å²) in [6.07, 6.45) is 1.56. The number of carbonyl (C=O) groups is 2. The van der Waals surface area contributed by atoms with Crippen LogP contribution in [0.2, 0.25) is 0 Å². The first-order valence-corrected chi connectivity index (χ1v) is 10.7. The molecule has 0 aliphatic rings. The van der Waals surface area contributed by atoms with E-state index in [-0.39, 0.29) is 17.8 Å². The highest BCUT2D eigenvalue weighted by atomic mass is 32.2. The molecule has 2 rings (SSSR count). The number of thioether (sulfide) groups is 1. The van der Waals surface area contributed by atoms with Crippen LogP contribution in [0.15, 0.2) is 59.7 Å². The van der Waals surface area contributed by atoms with Crippen molar-refractivity contribution in [1.29, 1.82) is 0 Å². The number of benzene rings is 2. The van der Waals surface area contributed by atoms with Gasteiger partial charge in [0.2, 0.25) is 0 Å². The van der Waals surface area contributed by atoms with E-state index in [2.05, 4.69) is 10.5 Å². The van der Waals surface area contributed by atoms with Crippen molar-refractivity contribution in [2.24, 2.45) is 5.10 Å². The van der Waals surface area contributed by atoms with Crippen LogP contribution in [0.3, 0.4) is 0 Å². The molecule has 0 aliphatic heterocycles. The Morgan fingerprint density at radius 1 is 1.10 bits per heavy atom. The topological polar surface area (TPSA) is 77.0 Å². The van der Waals surface area contributed by atoms with Crippen molar-refractivity contribution in [2.75, 3.05) is 6.61 Å². The van der Waals surface area contributed by atoms with Crippen molar-refractivity contribution in [1.82, 2.24) is 5.43 Å². The molecule has 0 heterocycles. The number of hydrogen-bond donors (Lipinski definition) is 1. The van der Waals surface area contributed by atoms with Gasteiger partial charge in [0.25, 0.3) is 5.91 Å². The summed E-state index contributed by atoms with van der Waals surface area (Å²) in [6.45, 7) is 7.12. The number of nitrogens with one attached hydrogen (secondary N) is 1. The predicted molar refractivity (Wildman–Crippen MR) is 121 cm³/mol. The Morgan fingerprint density at radius 2 is 1.77 bits per heavy atom. The number of nitrogens with zero attached hydrogens (tertiary/aromatic N) is 1.